The molecular formula is C22H20Cl2F3N3O3S. The van der Waals surface area contributed by atoms with E-state index in [0.717, 1.165) is 6.07 Å². The second-order valence-corrected chi connectivity index (χ2v) is 9.46. The summed E-state index contributed by atoms with van der Waals surface area (Å²) in [6.07, 6.45) is -5.59. The van der Waals surface area contributed by atoms with Gasteiger partial charge in [0.1, 0.15) is 11.0 Å². The van der Waals surface area contributed by atoms with Crippen molar-refractivity contribution in [2.45, 2.75) is 37.4 Å². The van der Waals surface area contributed by atoms with E-state index in [-0.39, 0.29) is 44.0 Å². The predicted octanol–water partition coefficient (Wildman–Crippen LogP) is 5.27. The number of halogens is 5. The maximum absolute atomic E-state index is 13.8. The maximum Gasteiger partial charge on any atom is 0.418 e. The van der Waals surface area contributed by atoms with Crippen LogP contribution in [0.1, 0.15) is 34.2 Å². The van der Waals surface area contributed by atoms with E-state index in [4.69, 9.17) is 28.3 Å². The standard InChI is InChI=1S/C22H20Cl2F3N3O3S/c1-11(31)7-15-10-16(21(32)29-14-4-6-20(34(28)33)18(24)9-14)12(2)30(15)19-5-3-13(23)8-17(19)22(25,26)27/h3-6,8-11,31H,7,28H2,1-2H3,(H,29,32). The smallest absolute Gasteiger partial charge is 0.393 e. The summed E-state index contributed by atoms with van der Waals surface area (Å²) in [6.45, 7) is 2.99. The van der Waals surface area contributed by atoms with Crippen molar-refractivity contribution in [1.29, 1.82) is 0 Å². The predicted molar refractivity (Wildman–Crippen MR) is 126 cm³/mol. The number of hydrogen-bond acceptors (Lipinski definition) is 3. The molecule has 12 heteroatoms. The highest BCUT2D eigenvalue weighted by Crippen LogP contribution is 2.37. The zero-order valence-corrected chi connectivity index (χ0v) is 20.2. The number of anilines is 1. The molecule has 34 heavy (non-hydrogen) atoms. The number of carbonyl (C=O) groups excluding carboxylic acids is 1. The van der Waals surface area contributed by atoms with Gasteiger partial charge >= 0.3 is 6.18 Å². The van der Waals surface area contributed by atoms with Crippen LogP contribution < -0.4 is 10.5 Å². The summed E-state index contributed by atoms with van der Waals surface area (Å²) in [7, 11) is -1.81. The quantitative estimate of drug-likeness (QED) is 0.402. The van der Waals surface area contributed by atoms with Gasteiger partial charge in [-0.2, -0.15) is 13.2 Å². The average molecular weight is 534 g/mol. The molecule has 3 aromatic rings. The van der Waals surface area contributed by atoms with Crippen molar-refractivity contribution in [2.75, 3.05) is 5.32 Å². The van der Waals surface area contributed by atoms with Crippen LogP contribution in [0.4, 0.5) is 18.9 Å². The van der Waals surface area contributed by atoms with Crippen LogP contribution in [0, 0.1) is 6.92 Å². The van der Waals surface area contributed by atoms with Crippen molar-refractivity contribution in [3.63, 3.8) is 0 Å². The molecule has 0 radical (unpaired) electrons. The molecule has 2 unspecified atom stereocenters. The van der Waals surface area contributed by atoms with Gasteiger partial charge in [-0.1, -0.05) is 23.2 Å². The van der Waals surface area contributed by atoms with Gasteiger partial charge in [-0.15, -0.1) is 0 Å². The third-order valence-corrected chi connectivity index (χ3v) is 6.43. The van der Waals surface area contributed by atoms with Crippen molar-refractivity contribution in [2.24, 2.45) is 5.14 Å². The minimum atomic E-state index is -4.71. The number of rotatable bonds is 6. The molecule has 0 saturated heterocycles. The Labute approximate surface area is 206 Å². The second kappa shape index (κ2) is 10.1. The molecule has 1 heterocycles. The van der Waals surface area contributed by atoms with Crippen LogP contribution in [-0.4, -0.2) is 25.9 Å². The first-order valence-electron chi connectivity index (χ1n) is 9.83. The molecule has 2 aromatic carbocycles. The van der Waals surface area contributed by atoms with Crippen molar-refractivity contribution in [1.82, 2.24) is 4.57 Å². The summed E-state index contributed by atoms with van der Waals surface area (Å²) in [5.41, 5.74) is -0.294. The lowest BCUT2D eigenvalue weighted by atomic mass is 10.1. The van der Waals surface area contributed by atoms with E-state index in [0.29, 0.717) is 5.69 Å². The monoisotopic (exact) mass is 533 g/mol. The Bertz CT molecular complexity index is 1280. The molecule has 0 aliphatic heterocycles. The lowest BCUT2D eigenvalue weighted by Gasteiger charge is -2.19. The molecule has 3 rings (SSSR count). The summed E-state index contributed by atoms with van der Waals surface area (Å²) < 4.78 is 54.1. The number of carbonyl (C=O) groups is 1. The van der Waals surface area contributed by atoms with E-state index >= 15 is 0 Å². The molecule has 6 nitrogen and oxygen atoms in total. The third kappa shape index (κ3) is 5.64. The number of aliphatic hydroxyl groups excluding tert-OH is 1. The van der Waals surface area contributed by atoms with Gasteiger partial charge in [0.25, 0.3) is 5.91 Å². The zero-order valence-electron chi connectivity index (χ0n) is 17.9. The summed E-state index contributed by atoms with van der Waals surface area (Å²) in [4.78, 5) is 13.2. The highest BCUT2D eigenvalue weighted by atomic mass is 35.5. The van der Waals surface area contributed by atoms with Crippen LogP contribution in [0.25, 0.3) is 5.69 Å². The van der Waals surface area contributed by atoms with Gasteiger partial charge in [0.2, 0.25) is 0 Å². The van der Waals surface area contributed by atoms with E-state index < -0.39 is 34.7 Å². The maximum atomic E-state index is 13.8. The molecule has 1 amide bonds. The molecule has 0 aliphatic rings. The Balaban J connectivity index is 2.09. The number of benzene rings is 2. The Morgan fingerprint density at radius 2 is 1.88 bits per heavy atom. The highest BCUT2D eigenvalue weighted by Gasteiger charge is 2.35. The van der Waals surface area contributed by atoms with Gasteiger partial charge in [0.05, 0.1) is 32.8 Å². The molecule has 0 fully saturated rings. The topological polar surface area (TPSA) is 97.3 Å². The van der Waals surface area contributed by atoms with Crippen molar-refractivity contribution in [3.8, 4) is 5.69 Å². The van der Waals surface area contributed by atoms with E-state index in [2.05, 4.69) is 5.32 Å². The summed E-state index contributed by atoms with van der Waals surface area (Å²) in [6, 6.07) is 9.00. The first-order chi connectivity index (χ1) is 15.8. The van der Waals surface area contributed by atoms with E-state index in [1.165, 1.54) is 54.8 Å². The van der Waals surface area contributed by atoms with Crippen LogP contribution >= 0.6 is 23.2 Å². The number of hydrogen-bond donors (Lipinski definition) is 3. The van der Waals surface area contributed by atoms with Crippen LogP contribution in [0.5, 0.6) is 0 Å². The molecule has 2 atom stereocenters. The number of alkyl halides is 3. The SMILES string of the molecule is Cc1c(C(=O)Nc2ccc(S(N)=O)c(Cl)c2)cc(CC(C)O)n1-c1ccc(Cl)cc1C(F)(F)F. The second-order valence-electron chi connectivity index (χ2n) is 7.58. The average Bonchev–Trinajstić information content (AvgIpc) is 3.02. The third-order valence-electron chi connectivity index (χ3n) is 4.98. The lowest BCUT2D eigenvalue weighted by Crippen LogP contribution is -2.16. The summed E-state index contributed by atoms with van der Waals surface area (Å²) in [5.74, 6) is -0.608. The van der Waals surface area contributed by atoms with E-state index in [1.54, 1.807) is 0 Å². The Hall–Kier alpha value is -2.37. The number of aromatic nitrogens is 1. The fraction of sp³-hybridized carbons (Fsp3) is 0.227. The van der Waals surface area contributed by atoms with Crippen LogP contribution in [0.3, 0.4) is 0 Å². The summed E-state index contributed by atoms with van der Waals surface area (Å²) >= 11 is 11.9. The van der Waals surface area contributed by atoms with Crippen molar-refractivity contribution < 1.29 is 27.3 Å². The number of nitrogens with zero attached hydrogens (tertiary/aromatic N) is 1. The van der Waals surface area contributed by atoms with Gasteiger partial charge in [-0.3, -0.25) is 4.79 Å². The molecular weight excluding hydrogens is 514 g/mol. The zero-order chi connectivity index (χ0) is 25.4. The molecule has 0 aliphatic carbocycles. The van der Waals surface area contributed by atoms with Crippen molar-refractivity contribution in [3.05, 3.63) is 75.0 Å². The normalized spacial score (nSPS) is 13.6. The summed E-state index contributed by atoms with van der Waals surface area (Å²) in [5, 5.41) is 17.9. The number of nitrogens with one attached hydrogen (secondary N) is 1. The van der Waals surface area contributed by atoms with Crippen LogP contribution in [0.15, 0.2) is 47.4 Å². The molecule has 0 spiro atoms. The number of nitrogens with two attached hydrogens (primary N) is 1. The minimum Gasteiger partial charge on any atom is -0.393 e. The van der Waals surface area contributed by atoms with E-state index in [9.17, 15) is 27.3 Å². The number of aliphatic hydroxyl groups is 1. The fourth-order valence-electron chi connectivity index (χ4n) is 3.56. The molecule has 0 saturated carbocycles. The Morgan fingerprint density at radius 1 is 1.21 bits per heavy atom. The molecule has 4 N–H and O–H groups in total. The van der Waals surface area contributed by atoms with Crippen LogP contribution in [-0.2, 0) is 23.6 Å². The first-order valence-corrected chi connectivity index (χ1v) is 11.8. The Kier molecular flexibility index (Phi) is 7.79. The minimum absolute atomic E-state index is 0.00309. The number of amides is 1. The Morgan fingerprint density at radius 3 is 2.44 bits per heavy atom. The fourth-order valence-corrected chi connectivity index (χ4v) is 4.59. The van der Waals surface area contributed by atoms with Gasteiger partial charge in [-0.05, 0) is 56.3 Å². The van der Waals surface area contributed by atoms with E-state index in [1.807, 2.05) is 0 Å². The largest absolute Gasteiger partial charge is 0.418 e. The highest BCUT2D eigenvalue weighted by molar-refractivity contribution is 7.82. The van der Waals surface area contributed by atoms with Gasteiger partial charge in [0, 0.05) is 28.5 Å². The van der Waals surface area contributed by atoms with Crippen molar-refractivity contribution >= 4 is 45.8 Å². The van der Waals surface area contributed by atoms with Gasteiger partial charge < -0.3 is 15.0 Å². The first kappa shape index (κ1) is 26.2. The molecule has 182 valence electrons. The van der Waals surface area contributed by atoms with Gasteiger partial charge in [0.15, 0.2) is 0 Å². The molecule has 0 bridgehead atoms. The van der Waals surface area contributed by atoms with Gasteiger partial charge in [-0.25, -0.2) is 9.35 Å². The molecule has 1 aromatic heterocycles. The lowest BCUT2D eigenvalue weighted by molar-refractivity contribution is -0.137. The van der Waals surface area contributed by atoms with Crippen LogP contribution in [0.2, 0.25) is 10.0 Å².